The molecule has 0 aliphatic carbocycles. The van der Waals surface area contributed by atoms with Gasteiger partial charge in [0.05, 0.1) is 10.8 Å². The molecule has 0 spiro atoms. The van der Waals surface area contributed by atoms with Gasteiger partial charge in [0.1, 0.15) is 0 Å². The van der Waals surface area contributed by atoms with E-state index in [-0.39, 0.29) is 23.3 Å². The summed E-state index contributed by atoms with van der Waals surface area (Å²) in [7, 11) is -3.62. The maximum Gasteiger partial charge on any atom is 0.243 e. The van der Waals surface area contributed by atoms with Crippen LogP contribution in [0.3, 0.4) is 0 Å². The second-order valence-electron chi connectivity index (χ2n) is 6.26. The first-order valence-corrected chi connectivity index (χ1v) is 10.2. The van der Waals surface area contributed by atoms with E-state index >= 15 is 0 Å². The van der Waals surface area contributed by atoms with Crippen molar-refractivity contribution in [3.8, 4) is 0 Å². The van der Waals surface area contributed by atoms with Gasteiger partial charge in [0.2, 0.25) is 15.9 Å². The maximum absolute atomic E-state index is 12.8. The molecule has 5 nitrogen and oxygen atoms in total. The minimum atomic E-state index is -3.62. The fraction of sp³-hybridized carbons (Fsp3) is 0.588. The number of aryl methyl sites for hydroxylation is 1. The van der Waals surface area contributed by atoms with Gasteiger partial charge in [0, 0.05) is 24.7 Å². The van der Waals surface area contributed by atoms with Gasteiger partial charge in [-0.3, -0.25) is 4.79 Å². The molecular weight excluding hydrogens is 348 g/mol. The number of nitrogens with zero attached hydrogens (tertiary/aromatic N) is 1. The molecule has 0 saturated carbocycles. The summed E-state index contributed by atoms with van der Waals surface area (Å²) in [6, 6.07) is 4.76. The molecule has 7 heteroatoms. The van der Waals surface area contributed by atoms with Crippen molar-refractivity contribution in [2.75, 3.05) is 19.6 Å². The van der Waals surface area contributed by atoms with Gasteiger partial charge in [-0.1, -0.05) is 31.0 Å². The average Bonchev–Trinajstić information content (AvgIpc) is 2.57. The molecule has 1 saturated heterocycles. The Balaban J connectivity index is 2.10. The zero-order chi connectivity index (χ0) is 17.7. The summed E-state index contributed by atoms with van der Waals surface area (Å²) < 4.78 is 27.0. The normalized spacial score (nSPS) is 19.2. The van der Waals surface area contributed by atoms with Gasteiger partial charge >= 0.3 is 0 Å². The van der Waals surface area contributed by atoms with Crippen LogP contribution in [0, 0.1) is 12.8 Å². The number of carbonyl (C=O) groups excluding carboxylic acids is 1. The van der Waals surface area contributed by atoms with E-state index in [4.69, 9.17) is 11.6 Å². The van der Waals surface area contributed by atoms with Gasteiger partial charge in [-0.15, -0.1) is 0 Å². The highest BCUT2D eigenvalue weighted by Gasteiger charge is 2.33. The van der Waals surface area contributed by atoms with Crippen molar-refractivity contribution < 1.29 is 13.2 Å². The largest absolute Gasteiger partial charge is 0.356 e. The molecule has 1 atom stereocenters. The van der Waals surface area contributed by atoms with Crippen LogP contribution < -0.4 is 5.32 Å². The molecule has 1 fully saturated rings. The smallest absolute Gasteiger partial charge is 0.243 e. The predicted octanol–water partition coefficient (Wildman–Crippen LogP) is 2.97. The zero-order valence-corrected chi connectivity index (χ0v) is 15.8. The Morgan fingerprint density at radius 1 is 1.42 bits per heavy atom. The molecule has 0 aromatic heterocycles. The van der Waals surface area contributed by atoms with Crippen molar-refractivity contribution in [1.82, 2.24) is 9.62 Å². The van der Waals surface area contributed by atoms with Gasteiger partial charge in [-0.2, -0.15) is 4.31 Å². The number of halogens is 1. The Morgan fingerprint density at radius 3 is 2.83 bits per heavy atom. The first-order chi connectivity index (χ1) is 11.4. The van der Waals surface area contributed by atoms with Crippen molar-refractivity contribution in [2.24, 2.45) is 5.92 Å². The van der Waals surface area contributed by atoms with Gasteiger partial charge in [0.15, 0.2) is 0 Å². The second kappa shape index (κ2) is 8.32. The van der Waals surface area contributed by atoms with Crippen LogP contribution in [-0.4, -0.2) is 38.3 Å². The lowest BCUT2D eigenvalue weighted by Gasteiger charge is -2.31. The number of hydrogen-bond donors (Lipinski definition) is 1. The first-order valence-electron chi connectivity index (χ1n) is 8.40. The first kappa shape index (κ1) is 19.2. The van der Waals surface area contributed by atoms with Crippen LogP contribution in [0.5, 0.6) is 0 Å². The molecule has 0 radical (unpaired) electrons. The highest BCUT2D eigenvalue weighted by Crippen LogP contribution is 2.26. The van der Waals surface area contributed by atoms with Crippen LogP contribution in [-0.2, 0) is 14.8 Å². The fourth-order valence-electron chi connectivity index (χ4n) is 2.79. The van der Waals surface area contributed by atoms with Crippen molar-refractivity contribution >= 4 is 27.5 Å². The molecule has 2 rings (SSSR count). The minimum absolute atomic E-state index is 0.0507. The van der Waals surface area contributed by atoms with Gasteiger partial charge in [-0.05, 0) is 43.9 Å². The van der Waals surface area contributed by atoms with Crippen LogP contribution in [0.4, 0.5) is 0 Å². The van der Waals surface area contributed by atoms with Gasteiger partial charge < -0.3 is 5.32 Å². The Kier molecular flexibility index (Phi) is 6.66. The summed E-state index contributed by atoms with van der Waals surface area (Å²) in [5.41, 5.74) is 0.836. The Hall–Kier alpha value is -1.11. The van der Waals surface area contributed by atoms with Crippen LogP contribution >= 0.6 is 11.6 Å². The topological polar surface area (TPSA) is 66.5 Å². The maximum atomic E-state index is 12.8. The molecule has 1 aliphatic rings. The number of nitrogens with one attached hydrogen (secondary N) is 1. The van der Waals surface area contributed by atoms with Crippen LogP contribution in [0.15, 0.2) is 23.1 Å². The number of sulfonamides is 1. The van der Waals surface area contributed by atoms with E-state index in [0.29, 0.717) is 24.5 Å². The number of hydrogen-bond acceptors (Lipinski definition) is 3. The van der Waals surface area contributed by atoms with Crippen molar-refractivity contribution in [2.45, 2.75) is 44.4 Å². The molecule has 1 aliphatic heterocycles. The third-order valence-electron chi connectivity index (χ3n) is 4.37. The lowest BCUT2D eigenvalue weighted by Crippen LogP contribution is -2.45. The number of amides is 1. The number of benzene rings is 1. The molecule has 1 aromatic rings. The van der Waals surface area contributed by atoms with Crippen molar-refractivity contribution in [3.05, 3.63) is 28.8 Å². The summed E-state index contributed by atoms with van der Waals surface area (Å²) in [6.07, 6.45) is 3.35. The molecular formula is C17H25ClN2O3S. The molecule has 0 unspecified atom stereocenters. The van der Waals surface area contributed by atoms with E-state index in [1.807, 2.05) is 6.92 Å². The molecule has 0 bridgehead atoms. The van der Waals surface area contributed by atoms with E-state index < -0.39 is 10.0 Å². The number of rotatable bonds is 6. The van der Waals surface area contributed by atoms with E-state index in [1.165, 1.54) is 10.4 Å². The Bertz CT molecular complexity index is 691. The average molecular weight is 373 g/mol. The van der Waals surface area contributed by atoms with E-state index in [9.17, 15) is 13.2 Å². The molecule has 134 valence electrons. The highest BCUT2D eigenvalue weighted by molar-refractivity contribution is 7.89. The molecule has 1 N–H and O–H groups in total. The summed E-state index contributed by atoms with van der Waals surface area (Å²) in [5.74, 6) is -0.336. The Labute approximate surface area is 149 Å². The van der Waals surface area contributed by atoms with E-state index in [0.717, 1.165) is 24.8 Å². The molecule has 1 heterocycles. The van der Waals surface area contributed by atoms with Crippen LogP contribution in [0.2, 0.25) is 5.02 Å². The minimum Gasteiger partial charge on any atom is -0.356 e. The summed E-state index contributed by atoms with van der Waals surface area (Å²) in [6.45, 7) is 5.20. The van der Waals surface area contributed by atoms with Gasteiger partial charge in [-0.25, -0.2) is 8.42 Å². The van der Waals surface area contributed by atoms with Crippen molar-refractivity contribution in [3.63, 3.8) is 0 Å². The monoisotopic (exact) mass is 372 g/mol. The number of piperidine rings is 1. The zero-order valence-electron chi connectivity index (χ0n) is 14.2. The highest BCUT2D eigenvalue weighted by atomic mass is 35.5. The van der Waals surface area contributed by atoms with E-state index in [2.05, 4.69) is 12.2 Å². The fourth-order valence-corrected chi connectivity index (χ4v) is 4.59. The Morgan fingerprint density at radius 2 is 2.17 bits per heavy atom. The van der Waals surface area contributed by atoms with Crippen molar-refractivity contribution in [1.29, 1.82) is 0 Å². The lowest BCUT2D eigenvalue weighted by molar-refractivity contribution is -0.126. The third kappa shape index (κ3) is 4.49. The second-order valence-corrected chi connectivity index (χ2v) is 8.60. The van der Waals surface area contributed by atoms with Crippen LogP contribution in [0.1, 0.15) is 38.2 Å². The molecule has 24 heavy (non-hydrogen) atoms. The summed E-state index contributed by atoms with van der Waals surface area (Å²) >= 11 is 6.06. The van der Waals surface area contributed by atoms with Gasteiger partial charge in [0.25, 0.3) is 0 Å². The van der Waals surface area contributed by atoms with Crippen LogP contribution in [0.25, 0.3) is 0 Å². The molecule has 1 aromatic carbocycles. The summed E-state index contributed by atoms with van der Waals surface area (Å²) in [5, 5.41) is 3.33. The predicted molar refractivity (Wildman–Crippen MR) is 95.6 cm³/mol. The van der Waals surface area contributed by atoms with E-state index in [1.54, 1.807) is 12.1 Å². The standard InChI is InChI=1S/C17H25ClN2O3S/c1-3-4-9-19-17(21)14-6-5-10-20(12-14)24(22,23)15-8-7-13(2)16(18)11-15/h7-8,11,14H,3-6,9-10,12H2,1-2H3,(H,19,21)/t14-/m0/s1. The SMILES string of the molecule is CCCCNC(=O)[C@H]1CCCN(S(=O)(=O)c2ccc(C)c(Cl)c2)C1. The quantitative estimate of drug-likeness (QED) is 0.780. The molecule has 1 amide bonds. The number of carbonyl (C=O) groups is 1. The number of unbranched alkanes of at least 4 members (excludes halogenated alkanes) is 1. The lowest BCUT2D eigenvalue weighted by atomic mass is 9.99. The summed E-state index contributed by atoms with van der Waals surface area (Å²) in [4.78, 5) is 12.4. The third-order valence-corrected chi connectivity index (χ3v) is 6.63.